The first-order chi connectivity index (χ1) is 11.4. The van der Waals surface area contributed by atoms with Gasteiger partial charge in [-0.25, -0.2) is 0 Å². The van der Waals surface area contributed by atoms with Crippen LogP contribution in [-0.2, 0) is 9.47 Å². The van der Waals surface area contributed by atoms with Crippen molar-refractivity contribution in [1.82, 2.24) is 0 Å². The van der Waals surface area contributed by atoms with Gasteiger partial charge in [0.25, 0.3) is 0 Å². The standard InChI is InChI=1S/C21H38O2/c1-2-3-4-5-6-7-8-9-10-11-12-13-14-16-19-22-21-18-15-17-20-23-21/h21H,2-11,14-20H2,1H3. The number of ether oxygens (including phenoxy) is 2. The number of unbranched alkanes of at least 4 members (excludes halogenated alkanes) is 10. The van der Waals surface area contributed by atoms with E-state index >= 15 is 0 Å². The predicted octanol–water partition coefficient (Wildman–Crippen LogP) is 6.23. The Morgan fingerprint density at radius 3 is 2.13 bits per heavy atom. The van der Waals surface area contributed by atoms with E-state index in [9.17, 15) is 0 Å². The molecule has 1 saturated heterocycles. The molecule has 0 aromatic carbocycles. The normalized spacial score (nSPS) is 17.7. The minimum Gasteiger partial charge on any atom is -0.353 e. The summed E-state index contributed by atoms with van der Waals surface area (Å²) in [6, 6.07) is 0. The second kappa shape index (κ2) is 16.3. The van der Waals surface area contributed by atoms with Crippen molar-refractivity contribution in [2.75, 3.05) is 13.2 Å². The van der Waals surface area contributed by atoms with E-state index in [0.717, 1.165) is 38.9 Å². The molecule has 0 bridgehead atoms. The van der Waals surface area contributed by atoms with Crippen LogP contribution in [0.15, 0.2) is 0 Å². The maximum atomic E-state index is 5.70. The van der Waals surface area contributed by atoms with Gasteiger partial charge in [0.15, 0.2) is 6.29 Å². The number of hydrogen-bond donors (Lipinski definition) is 0. The third kappa shape index (κ3) is 13.6. The van der Waals surface area contributed by atoms with E-state index in [4.69, 9.17) is 9.47 Å². The van der Waals surface area contributed by atoms with E-state index in [2.05, 4.69) is 18.8 Å². The molecule has 0 N–H and O–H groups in total. The van der Waals surface area contributed by atoms with Crippen LogP contribution < -0.4 is 0 Å². The average molecular weight is 323 g/mol. The predicted molar refractivity (Wildman–Crippen MR) is 98.4 cm³/mol. The third-order valence-corrected chi connectivity index (χ3v) is 4.42. The van der Waals surface area contributed by atoms with Crippen LogP contribution in [0, 0.1) is 11.8 Å². The van der Waals surface area contributed by atoms with Gasteiger partial charge in [0.05, 0.1) is 6.61 Å². The molecule has 1 heterocycles. The molecule has 0 aromatic heterocycles. The summed E-state index contributed by atoms with van der Waals surface area (Å²) in [7, 11) is 0. The molecule has 1 aliphatic rings. The highest BCUT2D eigenvalue weighted by atomic mass is 16.7. The molecule has 1 atom stereocenters. The van der Waals surface area contributed by atoms with Gasteiger partial charge < -0.3 is 9.47 Å². The van der Waals surface area contributed by atoms with Crippen molar-refractivity contribution in [2.24, 2.45) is 0 Å². The molecule has 0 saturated carbocycles. The van der Waals surface area contributed by atoms with Gasteiger partial charge in [0.2, 0.25) is 0 Å². The van der Waals surface area contributed by atoms with Crippen molar-refractivity contribution in [2.45, 2.75) is 110 Å². The summed E-state index contributed by atoms with van der Waals surface area (Å²) in [5.41, 5.74) is 0. The van der Waals surface area contributed by atoms with Crippen LogP contribution in [0.1, 0.15) is 103 Å². The number of hydrogen-bond acceptors (Lipinski definition) is 2. The topological polar surface area (TPSA) is 18.5 Å². The average Bonchev–Trinajstić information content (AvgIpc) is 2.59. The Labute approximate surface area is 144 Å². The fourth-order valence-electron chi connectivity index (χ4n) is 2.92. The molecule has 1 unspecified atom stereocenters. The molecule has 0 amide bonds. The molecule has 0 aromatic rings. The molecular weight excluding hydrogens is 284 g/mol. The first-order valence-corrected chi connectivity index (χ1v) is 10.1. The van der Waals surface area contributed by atoms with Crippen molar-refractivity contribution < 1.29 is 9.47 Å². The molecule has 134 valence electrons. The zero-order valence-electron chi connectivity index (χ0n) is 15.4. The first-order valence-electron chi connectivity index (χ1n) is 10.1. The van der Waals surface area contributed by atoms with E-state index in [1.165, 1.54) is 70.6 Å². The van der Waals surface area contributed by atoms with Crippen LogP contribution >= 0.6 is 0 Å². The summed E-state index contributed by atoms with van der Waals surface area (Å²) in [6.45, 7) is 3.93. The molecule has 1 rings (SSSR count). The van der Waals surface area contributed by atoms with Gasteiger partial charge in [-0.1, -0.05) is 58.3 Å². The second-order valence-corrected chi connectivity index (χ2v) is 6.70. The highest BCUT2D eigenvalue weighted by molar-refractivity contribution is 4.98. The van der Waals surface area contributed by atoms with Crippen molar-refractivity contribution >= 4 is 0 Å². The SMILES string of the molecule is CCCCCCCCCCCC#CCCCOC1CCCCO1. The summed E-state index contributed by atoms with van der Waals surface area (Å²) in [5, 5.41) is 0. The quantitative estimate of drug-likeness (QED) is 0.295. The van der Waals surface area contributed by atoms with Crippen molar-refractivity contribution in [3.05, 3.63) is 0 Å². The van der Waals surface area contributed by atoms with Gasteiger partial charge in [0.1, 0.15) is 0 Å². The zero-order chi connectivity index (χ0) is 16.4. The molecule has 1 aliphatic heterocycles. The number of rotatable bonds is 13. The lowest BCUT2D eigenvalue weighted by Gasteiger charge is -2.22. The van der Waals surface area contributed by atoms with Crippen molar-refractivity contribution in [1.29, 1.82) is 0 Å². The van der Waals surface area contributed by atoms with E-state index in [0.29, 0.717) is 0 Å². The van der Waals surface area contributed by atoms with Crippen molar-refractivity contribution in [3.63, 3.8) is 0 Å². The Balaban J connectivity index is 1.75. The minimum absolute atomic E-state index is 0.0543. The Kier molecular flexibility index (Phi) is 14.6. The largest absolute Gasteiger partial charge is 0.353 e. The van der Waals surface area contributed by atoms with Gasteiger partial charge in [-0.15, -0.1) is 11.8 Å². The maximum absolute atomic E-state index is 5.70. The van der Waals surface area contributed by atoms with Gasteiger partial charge >= 0.3 is 0 Å². The fraction of sp³-hybridized carbons (Fsp3) is 0.905. The van der Waals surface area contributed by atoms with E-state index < -0.39 is 0 Å². The van der Waals surface area contributed by atoms with Crippen LogP contribution in [0.5, 0.6) is 0 Å². The molecular formula is C21H38O2. The van der Waals surface area contributed by atoms with Crippen LogP contribution in [-0.4, -0.2) is 19.5 Å². The van der Waals surface area contributed by atoms with Crippen LogP contribution in [0.4, 0.5) is 0 Å². The van der Waals surface area contributed by atoms with Gasteiger partial charge in [-0.3, -0.25) is 0 Å². The first kappa shape index (κ1) is 20.5. The lowest BCUT2D eigenvalue weighted by Crippen LogP contribution is -2.22. The molecule has 0 radical (unpaired) electrons. The zero-order valence-corrected chi connectivity index (χ0v) is 15.4. The van der Waals surface area contributed by atoms with Gasteiger partial charge in [-0.05, 0) is 32.1 Å². The second-order valence-electron chi connectivity index (χ2n) is 6.70. The molecule has 0 aliphatic carbocycles. The lowest BCUT2D eigenvalue weighted by atomic mass is 10.1. The summed E-state index contributed by atoms with van der Waals surface area (Å²) in [4.78, 5) is 0. The van der Waals surface area contributed by atoms with Gasteiger partial charge in [0, 0.05) is 19.4 Å². The van der Waals surface area contributed by atoms with Crippen LogP contribution in [0.3, 0.4) is 0 Å². The Bertz CT molecular complexity index is 297. The highest BCUT2D eigenvalue weighted by Crippen LogP contribution is 2.14. The van der Waals surface area contributed by atoms with E-state index in [-0.39, 0.29) is 6.29 Å². The molecule has 23 heavy (non-hydrogen) atoms. The minimum atomic E-state index is 0.0543. The fourth-order valence-corrected chi connectivity index (χ4v) is 2.92. The maximum Gasteiger partial charge on any atom is 0.157 e. The van der Waals surface area contributed by atoms with E-state index in [1.54, 1.807) is 0 Å². The van der Waals surface area contributed by atoms with Crippen LogP contribution in [0.25, 0.3) is 0 Å². The highest BCUT2D eigenvalue weighted by Gasteiger charge is 2.12. The monoisotopic (exact) mass is 322 g/mol. The smallest absolute Gasteiger partial charge is 0.157 e. The molecule has 2 heteroatoms. The molecule has 1 fully saturated rings. The summed E-state index contributed by atoms with van der Waals surface area (Å²) in [6.07, 6.45) is 19.1. The van der Waals surface area contributed by atoms with Crippen LogP contribution in [0.2, 0.25) is 0 Å². The Hall–Kier alpha value is -0.520. The molecule has 2 nitrogen and oxygen atoms in total. The summed E-state index contributed by atoms with van der Waals surface area (Å²) in [5.74, 6) is 6.58. The molecule has 0 spiro atoms. The summed E-state index contributed by atoms with van der Waals surface area (Å²) < 4.78 is 11.2. The van der Waals surface area contributed by atoms with Gasteiger partial charge in [-0.2, -0.15) is 0 Å². The van der Waals surface area contributed by atoms with Crippen molar-refractivity contribution in [3.8, 4) is 11.8 Å². The third-order valence-electron chi connectivity index (χ3n) is 4.42. The Morgan fingerprint density at radius 2 is 1.48 bits per heavy atom. The summed E-state index contributed by atoms with van der Waals surface area (Å²) >= 11 is 0. The lowest BCUT2D eigenvalue weighted by molar-refractivity contribution is -0.162. The van der Waals surface area contributed by atoms with E-state index in [1.807, 2.05) is 0 Å². The Morgan fingerprint density at radius 1 is 0.826 bits per heavy atom.